The van der Waals surface area contributed by atoms with Gasteiger partial charge in [-0.1, -0.05) is 18.2 Å². The molecular formula is C15H12N3PRh. The summed E-state index contributed by atoms with van der Waals surface area (Å²) in [5.41, 5.74) is 3.07. The van der Waals surface area contributed by atoms with Crippen LogP contribution in [0.15, 0.2) is 73.2 Å². The van der Waals surface area contributed by atoms with Crippen molar-refractivity contribution in [2.24, 2.45) is 0 Å². The smallest absolute Gasteiger partial charge is 0.0753 e. The molecule has 3 rings (SSSR count). The third kappa shape index (κ3) is 3.33. The number of hydrogen-bond acceptors (Lipinski definition) is 3. The van der Waals surface area contributed by atoms with E-state index in [1.807, 2.05) is 73.2 Å². The van der Waals surface area contributed by atoms with Gasteiger partial charge in [0.15, 0.2) is 0 Å². The van der Waals surface area contributed by atoms with Crippen molar-refractivity contribution in [1.29, 1.82) is 0 Å². The van der Waals surface area contributed by atoms with Gasteiger partial charge >= 0.3 is 0 Å². The first-order valence-corrected chi connectivity index (χ1v) is 7.32. The Morgan fingerprint density at radius 3 is 1.15 bits per heavy atom. The van der Waals surface area contributed by atoms with Crippen molar-refractivity contribution in [3.05, 3.63) is 73.2 Å². The maximum Gasteiger partial charge on any atom is 0.0753 e. The number of pyridine rings is 3. The molecular weight excluding hydrogens is 356 g/mol. The Bertz CT molecular complexity index is 541. The van der Waals surface area contributed by atoms with E-state index < -0.39 is 7.92 Å². The van der Waals surface area contributed by atoms with Crippen LogP contribution >= 0.6 is 7.92 Å². The molecule has 0 spiro atoms. The molecule has 3 aromatic rings. The molecule has 0 saturated heterocycles. The van der Waals surface area contributed by atoms with Crippen LogP contribution in [0.1, 0.15) is 0 Å². The van der Waals surface area contributed by atoms with Gasteiger partial charge in [-0.3, -0.25) is 15.0 Å². The van der Waals surface area contributed by atoms with Crippen molar-refractivity contribution >= 4 is 24.2 Å². The second-order valence-electron chi connectivity index (χ2n) is 3.90. The van der Waals surface area contributed by atoms with Crippen LogP contribution in [0.4, 0.5) is 0 Å². The molecule has 0 aliphatic rings. The maximum atomic E-state index is 4.48. The predicted octanol–water partition coefficient (Wildman–Crippen LogP) is 1.63. The van der Waals surface area contributed by atoms with Crippen molar-refractivity contribution < 1.29 is 19.5 Å². The predicted molar refractivity (Wildman–Crippen MR) is 78.5 cm³/mol. The number of nitrogens with zero attached hydrogens (tertiary/aromatic N) is 3. The zero-order chi connectivity index (χ0) is 12.9. The van der Waals surface area contributed by atoms with Gasteiger partial charge in [0.05, 0.1) is 16.3 Å². The summed E-state index contributed by atoms with van der Waals surface area (Å²) in [6.45, 7) is 0. The van der Waals surface area contributed by atoms with Crippen molar-refractivity contribution in [1.82, 2.24) is 15.0 Å². The van der Waals surface area contributed by atoms with Gasteiger partial charge in [0, 0.05) is 46.0 Å². The van der Waals surface area contributed by atoms with E-state index in [4.69, 9.17) is 0 Å². The molecule has 0 N–H and O–H groups in total. The van der Waals surface area contributed by atoms with Crippen LogP contribution in [0.25, 0.3) is 0 Å². The maximum absolute atomic E-state index is 4.48. The van der Waals surface area contributed by atoms with Gasteiger partial charge in [-0.05, 0) is 36.4 Å². The molecule has 0 atom stereocenters. The van der Waals surface area contributed by atoms with Crippen LogP contribution in [-0.2, 0) is 19.5 Å². The molecule has 3 aromatic heterocycles. The Labute approximate surface area is 132 Å². The third-order valence-corrected chi connectivity index (χ3v) is 4.80. The minimum absolute atomic E-state index is 0. The minimum atomic E-state index is -0.779. The first-order valence-electron chi connectivity index (χ1n) is 5.98. The van der Waals surface area contributed by atoms with E-state index in [-0.39, 0.29) is 19.5 Å². The zero-order valence-corrected chi connectivity index (χ0v) is 13.1. The minimum Gasteiger partial charge on any atom is -0.256 e. The molecule has 5 heteroatoms. The molecule has 20 heavy (non-hydrogen) atoms. The van der Waals surface area contributed by atoms with E-state index in [0.29, 0.717) is 0 Å². The normalized spacial score (nSPS) is 10.1. The summed E-state index contributed by atoms with van der Waals surface area (Å²) >= 11 is 0. The standard InChI is InChI=1S/C15H12N3P.Rh/c1-4-10-16-13(7-1)19(14-8-2-5-11-17-14)15-9-3-6-12-18-15;/h1-12H;. The second kappa shape index (κ2) is 7.33. The largest absolute Gasteiger partial charge is 0.256 e. The van der Waals surface area contributed by atoms with Crippen molar-refractivity contribution in [3.8, 4) is 0 Å². The number of aromatic nitrogens is 3. The fourth-order valence-electron chi connectivity index (χ4n) is 1.81. The van der Waals surface area contributed by atoms with Crippen LogP contribution in [0.3, 0.4) is 0 Å². The molecule has 0 unspecified atom stereocenters. The van der Waals surface area contributed by atoms with E-state index >= 15 is 0 Å². The van der Waals surface area contributed by atoms with Crippen molar-refractivity contribution in [2.45, 2.75) is 0 Å². The fraction of sp³-hybridized carbons (Fsp3) is 0. The van der Waals surface area contributed by atoms with E-state index in [1.54, 1.807) is 0 Å². The van der Waals surface area contributed by atoms with Gasteiger partial charge < -0.3 is 0 Å². The molecule has 1 radical (unpaired) electrons. The first-order chi connectivity index (χ1) is 9.45. The van der Waals surface area contributed by atoms with Crippen LogP contribution in [0, 0.1) is 0 Å². The van der Waals surface area contributed by atoms with E-state index in [0.717, 1.165) is 16.3 Å². The molecule has 3 nitrogen and oxygen atoms in total. The SMILES string of the molecule is [Rh].c1ccc(P(c2ccccn2)c2ccccn2)nc1. The summed E-state index contributed by atoms with van der Waals surface area (Å²) in [4.78, 5) is 13.4. The Morgan fingerprint density at radius 2 is 0.900 bits per heavy atom. The Hall–Kier alpha value is -1.50. The molecule has 101 valence electrons. The Morgan fingerprint density at radius 1 is 0.550 bits per heavy atom. The summed E-state index contributed by atoms with van der Waals surface area (Å²) < 4.78 is 0. The number of rotatable bonds is 3. The molecule has 0 aliphatic carbocycles. The van der Waals surface area contributed by atoms with E-state index in [2.05, 4.69) is 15.0 Å². The topological polar surface area (TPSA) is 38.7 Å². The quantitative estimate of drug-likeness (QED) is 0.521. The molecule has 0 amide bonds. The molecule has 0 bridgehead atoms. The van der Waals surface area contributed by atoms with Gasteiger partial charge in [-0.2, -0.15) is 0 Å². The molecule has 0 fully saturated rings. The summed E-state index contributed by atoms with van der Waals surface area (Å²) in [7, 11) is -0.779. The summed E-state index contributed by atoms with van der Waals surface area (Å²) in [5.74, 6) is 0. The third-order valence-electron chi connectivity index (χ3n) is 2.64. The Balaban J connectivity index is 0.00000147. The molecule has 0 aromatic carbocycles. The average molecular weight is 368 g/mol. The Kier molecular flexibility index (Phi) is 5.46. The summed E-state index contributed by atoms with van der Waals surface area (Å²) in [6, 6.07) is 17.9. The zero-order valence-electron chi connectivity index (χ0n) is 10.6. The van der Waals surface area contributed by atoms with E-state index in [1.165, 1.54) is 0 Å². The molecule has 0 saturated carbocycles. The number of hydrogen-bond donors (Lipinski definition) is 0. The monoisotopic (exact) mass is 368 g/mol. The molecule has 0 aliphatic heterocycles. The first kappa shape index (κ1) is 14.9. The van der Waals surface area contributed by atoms with Gasteiger partial charge in [-0.25, -0.2) is 0 Å². The molecule has 3 heterocycles. The van der Waals surface area contributed by atoms with Crippen LogP contribution in [0.5, 0.6) is 0 Å². The van der Waals surface area contributed by atoms with Gasteiger partial charge in [-0.15, -0.1) is 0 Å². The van der Waals surface area contributed by atoms with Crippen molar-refractivity contribution in [2.75, 3.05) is 0 Å². The van der Waals surface area contributed by atoms with Gasteiger partial charge in [0.1, 0.15) is 0 Å². The van der Waals surface area contributed by atoms with Crippen LogP contribution < -0.4 is 16.3 Å². The van der Waals surface area contributed by atoms with Gasteiger partial charge in [0.2, 0.25) is 0 Å². The van der Waals surface area contributed by atoms with Gasteiger partial charge in [0.25, 0.3) is 0 Å². The average Bonchev–Trinajstić information content (AvgIpc) is 2.51. The summed E-state index contributed by atoms with van der Waals surface area (Å²) in [6.07, 6.45) is 5.45. The van der Waals surface area contributed by atoms with E-state index in [9.17, 15) is 0 Å². The summed E-state index contributed by atoms with van der Waals surface area (Å²) in [5, 5.41) is 0. The van der Waals surface area contributed by atoms with Crippen molar-refractivity contribution in [3.63, 3.8) is 0 Å². The van der Waals surface area contributed by atoms with Crippen LogP contribution in [0.2, 0.25) is 0 Å². The van der Waals surface area contributed by atoms with Crippen LogP contribution in [-0.4, -0.2) is 15.0 Å². The fourth-order valence-corrected chi connectivity index (χ4v) is 3.77. The second-order valence-corrected chi connectivity index (χ2v) is 5.94.